The second-order valence-corrected chi connectivity index (χ2v) is 6.44. The average molecular weight is 398 g/mol. The minimum Gasteiger partial charge on any atom is -0.494 e. The minimum absolute atomic E-state index is 0.159. The van der Waals surface area contributed by atoms with Gasteiger partial charge in [0.05, 0.1) is 19.4 Å². The van der Waals surface area contributed by atoms with E-state index in [-0.39, 0.29) is 5.91 Å². The molecule has 0 aliphatic rings. The standard InChI is InChI=1S/C16H16BrNO4S/c1-21-16(20)15-13(8-10-23-15)18-14(19)3-2-9-22-12-6-4-11(17)5-7-12/h4-8,10H,2-3,9H2,1H3,(H,18,19). The molecule has 122 valence electrons. The Hall–Kier alpha value is -1.86. The molecule has 0 spiro atoms. The molecule has 0 atom stereocenters. The van der Waals surface area contributed by atoms with Gasteiger partial charge < -0.3 is 14.8 Å². The smallest absolute Gasteiger partial charge is 0.350 e. The molecule has 0 saturated carbocycles. The van der Waals surface area contributed by atoms with Gasteiger partial charge in [0.15, 0.2) is 0 Å². The number of hydrogen-bond donors (Lipinski definition) is 1. The normalized spacial score (nSPS) is 10.2. The predicted molar refractivity (Wildman–Crippen MR) is 93.2 cm³/mol. The zero-order chi connectivity index (χ0) is 16.7. The third-order valence-corrected chi connectivity index (χ3v) is 4.36. The molecule has 23 heavy (non-hydrogen) atoms. The van der Waals surface area contributed by atoms with Gasteiger partial charge in [0.1, 0.15) is 10.6 Å². The molecule has 2 rings (SSSR count). The van der Waals surface area contributed by atoms with E-state index in [1.54, 1.807) is 11.4 Å². The van der Waals surface area contributed by atoms with Gasteiger partial charge in [-0.05, 0) is 42.1 Å². The van der Waals surface area contributed by atoms with Crippen molar-refractivity contribution < 1.29 is 19.1 Å². The summed E-state index contributed by atoms with van der Waals surface area (Å²) in [5, 5.41) is 4.46. The maximum absolute atomic E-state index is 11.9. The molecule has 2 aromatic rings. The highest BCUT2D eigenvalue weighted by Gasteiger charge is 2.15. The van der Waals surface area contributed by atoms with Gasteiger partial charge >= 0.3 is 5.97 Å². The quantitative estimate of drug-likeness (QED) is 0.564. The van der Waals surface area contributed by atoms with E-state index in [2.05, 4.69) is 26.0 Å². The highest BCUT2D eigenvalue weighted by molar-refractivity contribution is 9.10. The minimum atomic E-state index is -0.450. The fourth-order valence-electron chi connectivity index (χ4n) is 1.82. The lowest BCUT2D eigenvalue weighted by molar-refractivity contribution is -0.116. The number of carbonyl (C=O) groups excluding carboxylic acids is 2. The molecule has 5 nitrogen and oxygen atoms in total. The lowest BCUT2D eigenvalue weighted by atomic mass is 10.3. The first-order valence-electron chi connectivity index (χ1n) is 6.94. The molecule has 7 heteroatoms. The van der Waals surface area contributed by atoms with E-state index in [1.807, 2.05) is 24.3 Å². The highest BCUT2D eigenvalue weighted by Crippen LogP contribution is 2.23. The lowest BCUT2D eigenvalue weighted by Crippen LogP contribution is -2.14. The Balaban J connectivity index is 1.74. The zero-order valence-electron chi connectivity index (χ0n) is 12.5. The van der Waals surface area contributed by atoms with Crippen molar-refractivity contribution >= 4 is 44.8 Å². The number of thiophene rings is 1. The van der Waals surface area contributed by atoms with Gasteiger partial charge in [-0.25, -0.2) is 4.79 Å². The van der Waals surface area contributed by atoms with Crippen LogP contribution in [0.3, 0.4) is 0 Å². The molecule has 1 amide bonds. The summed E-state index contributed by atoms with van der Waals surface area (Å²) in [5.41, 5.74) is 0.487. The summed E-state index contributed by atoms with van der Waals surface area (Å²) in [7, 11) is 1.31. The van der Waals surface area contributed by atoms with Crippen molar-refractivity contribution in [3.8, 4) is 5.75 Å². The van der Waals surface area contributed by atoms with E-state index in [0.29, 0.717) is 30.0 Å². The second kappa shape index (κ2) is 8.69. The van der Waals surface area contributed by atoms with E-state index >= 15 is 0 Å². The molecule has 1 heterocycles. The van der Waals surface area contributed by atoms with Crippen molar-refractivity contribution in [2.75, 3.05) is 19.0 Å². The topological polar surface area (TPSA) is 64.6 Å². The average Bonchev–Trinajstić information content (AvgIpc) is 3.00. The van der Waals surface area contributed by atoms with Gasteiger partial charge in [0.25, 0.3) is 0 Å². The molecule has 0 bridgehead atoms. The largest absolute Gasteiger partial charge is 0.494 e. The van der Waals surface area contributed by atoms with Crippen molar-refractivity contribution in [2.45, 2.75) is 12.8 Å². The van der Waals surface area contributed by atoms with E-state index in [1.165, 1.54) is 18.4 Å². The number of benzene rings is 1. The summed E-state index contributed by atoms with van der Waals surface area (Å²) in [5.74, 6) is 0.154. The van der Waals surface area contributed by atoms with Gasteiger partial charge in [-0.2, -0.15) is 0 Å². The second-order valence-electron chi connectivity index (χ2n) is 4.61. The summed E-state index contributed by atoms with van der Waals surface area (Å²) in [6.07, 6.45) is 0.895. The molecule has 0 fully saturated rings. The van der Waals surface area contributed by atoms with E-state index in [9.17, 15) is 9.59 Å². The maximum atomic E-state index is 11.9. The molecule has 1 aromatic carbocycles. The number of halogens is 1. The Bertz CT molecular complexity index is 669. The molecular weight excluding hydrogens is 382 g/mol. The third-order valence-electron chi connectivity index (χ3n) is 2.94. The van der Waals surface area contributed by atoms with Crippen LogP contribution in [0.25, 0.3) is 0 Å². The number of hydrogen-bond acceptors (Lipinski definition) is 5. The van der Waals surface area contributed by atoms with Crippen LogP contribution >= 0.6 is 27.3 Å². The number of methoxy groups -OCH3 is 1. The van der Waals surface area contributed by atoms with Crippen LogP contribution in [0.2, 0.25) is 0 Å². The highest BCUT2D eigenvalue weighted by atomic mass is 79.9. The summed E-state index contributed by atoms with van der Waals surface area (Å²) >= 11 is 4.59. The molecule has 0 aliphatic heterocycles. The number of esters is 1. The fraction of sp³-hybridized carbons (Fsp3) is 0.250. The van der Waals surface area contributed by atoms with Gasteiger partial charge in [-0.1, -0.05) is 15.9 Å². The van der Waals surface area contributed by atoms with Gasteiger partial charge in [0, 0.05) is 10.9 Å². The van der Waals surface area contributed by atoms with Crippen LogP contribution in [0, 0.1) is 0 Å². The molecule has 0 saturated heterocycles. The van der Waals surface area contributed by atoms with Crippen LogP contribution in [-0.4, -0.2) is 25.6 Å². The summed E-state index contributed by atoms with van der Waals surface area (Å²) < 4.78 is 11.2. The fourth-order valence-corrected chi connectivity index (χ4v) is 2.85. The molecule has 0 aliphatic carbocycles. The Labute approximate surface area is 146 Å². The first-order chi connectivity index (χ1) is 11.1. The third kappa shape index (κ3) is 5.37. The van der Waals surface area contributed by atoms with Crippen LogP contribution in [0.1, 0.15) is 22.5 Å². The van der Waals surface area contributed by atoms with Crippen molar-refractivity contribution in [3.05, 3.63) is 45.1 Å². The van der Waals surface area contributed by atoms with Crippen molar-refractivity contribution in [1.82, 2.24) is 0 Å². The lowest BCUT2D eigenvalue weighted by Gasteiger charge is -2.07. The molecule has 1 aromatic heterocycles. The van der Waals surface area contributed by atoms with Crippen LogP contribution < -0.4 is 10.1 Å². The van der Waals surface area contributed by atoms with Crippen molar-refractivity contribution in [3.63, 3.8) is 0 Å². The number of nitrogens with one attached hydrogen (secondary N) is 1. The van der Waals surface area contributed by atoms with E-state index < -0.39 is 5.97 Å². The predicted octanol–water partition coefficient (Wildman–Crippen LogP) is 4.09. The van der Waals surface area contributed by atoms with Crippen LogP contribution in [-0.2, 0) is 9.53 Å². The van der Waals surface area contributed by atoms with Gasteiger partial charge in [-0.15, -0.1) is 11.3 Å². The maximum Gasteiger partial charge on any atom is 0.350 e. The monoisotopic (exact) mass is 397 g/mol. The first-order valence-corrected chi connectivity index (χ1v) is 8.61. The van der Waals surface area contributed by atoms with E-state index in [4.69, 9.17) is 4.74 Å². The molecule has 1 N–H and O–H groups in total. The summed E-state index contributed by atoms with van der Waals surface area (Å²) in [6, 6.07) is 9.20. The first kappa shape index (κ1) is 17.5. The van der Waals surface area contributed by atoms with Crippen LogP contribution in [0.5, 0.6) is 5.75 Å². The zero-order valence-corrected chi connectivity index (χ0v) is 14.9. The number of carbonyl (C=O) groups is 2. The molecule has 0 unspecified atom stereocenters. The van der Waals surface area contributed by atoms with Crippen molar-refractivity contribution in [1.29, 1.82) is 0 Å². The van der Waals surface area contributed by atoms with E-state index in [0.717, 1.165) is 10.2 Å². The Morgan fingerprint density at radius 1 is 1.22 bits per heavy atom. The SMILES string of the molecule is COC(=O)c1sccc1NC(=O)CCCOc1ccc(Br)cc1. The number of amides is 1. The van der Waals surface area contributed by atoms with Crippen LogP contribution in [0.15, 0.2) is 40.2 Å². The number of rotatable bonds is 7. The molecule has 0 radical (unpaired) electrons. The Morgan fingerprint density at radius 3 is 2.65 bits per heavy atom. The summed E-state index contributed by atoms with van der Waals surface area (Å²) in [4.78, 5) is 23.8. The van der Waals surface area contributed by atoms with Crippen molar-refractivity contribution in [2.24, 2.45) is 0 Å². The Kier molecular flexibility index (Phi) is 6.61. The van der Waals surface area contributed by atoms with Gasteiger partial charge in [-0.3, -0.25) is 4.79 Å². The molecular formula is C16H16BrNO4S. The number of anilines is 1. The number of ether oxygens (including phenoxy) is 2. The van der Waals surface area contributed by atoms with Crippen LogP contribution in [0.4, 0.5) is 5.69 Å². The van der Waals surface area contributed by atoms with Gasteiger partial charge in [0.2, 0.25) is 5.91 Å². The summed E-state index contributed by atoms with van der Waals surface area (Å²) in [6.45, 7) is 0.447. The Morgan fingerprint density at radius 2 is 1.96 bits per heavy atom.